The molecule has 0 spiro atoms. The molecule has 3 heterocycles. The van der Waals surface area contributed by atoms with Crippen LogP contribution in [0.15, 0.2) is 35.2 Å². The Kier molecular flexibility index (Phi) is 4.11. The van der Waals surface area contributed by atoms with Gasteiger partial charge in [-0.1, -0.05) is 0 Å². The SMILES string of the molecule is NC(=O)c1cc(-c2ccsc2)cc2c(C3CCCS(O)(O)C3)c[nH]c12. The molecule has 1 aliphatic rings. The minimum Gasteiger partial charge on any atom is -0.366 e. The standard InChI is InChI=1S/C18H20N2O3S2/c19-18(21)15-7-13(11-3-4-24-9-11)6-14-16(8-20-17(14)15)12-2-1-5-25(22,23)10-12/h3-4,6-9,12,20,22-23H,1-2,5,10H2,(H2,19,21). The summed E-state index contributed by atoms with van der Waals surface area (Å²) in [6.07, 6.45) is 3.60. The second kappa shape index (κ2) is 6.17. The number of thiophene rings is 1. The molecule has 1 aliphatic heterocycles. The number of fused-ring (bicyclic) bond motifs is 1. The molecule has 0 saturated carbocycles. The van der Waals surface area contributed by atoms with E-state index in [9.17, 15) is 13.9 Å². The maximum atomic E-state index is 12.0. The van der Waals surface area contributed by atoms with E-state index in [1.165, 1.54) is 0 Å². The quantitative estimate of drug-likeness (QED) is 0.536. The summed E-state index contributed by atoms with van der Waals surface area (Å²) in [5, 5.41) is 4.98. The molecular formula is C18H20N2O3S2. The van der Waals surface area contributed by atoms with Crippen LogP contribution >= 0.6 is 21.9 Å². The van der Waals surface area contributed by atoms with Gasteiger partial charge in [-0.25, -0.2) is 0 Å². The van der Waals surface area contributed by atoms with Crippen LogP contribution in [0.5, 0.6) is 0 Å². The number of nitrogens with two attached hydrogens (primary N) is 1. The van der Waals surface area contributed by atoms with Crippen LogP contribution in [0, 0.1) is 0 Å². The monoisotopic (exact) mass is 376 g/mol. The fourth-order valence-corrected chi connectivity index (χ4v) is 6.13. The first-order valence-corrected chi connectivity index (χ1v) is 11.0. The first-order valence-electron chi connectivity index (χ1n) is 8.15. The third kappa shape index (κ3) is 3.08. The smallest absolute Gasteiger partial charge is 0.250 e. The average molecular weight is 377 g/mol. The Morgan fingerprint density at radius 1 is 1.32 bits per heavy atom. The lowest BCUT2D eigenvalue weighted by atomic mass is 9.93. The molecule has 1 amide bonds. The van der Waals surface area contributed by atoms with E-state index >= 15 is 0 Å². The van der Waals surface area contributed by atoms with Crippen LogP contribution in [0.1, 0.15) is 34.7 Å². The van der Waals surface area contributed by atoms with Crippen LogP contribution in [0.2, 0.25) is 0 Å². The number of benzene rings is 1. The number of nitrogens with one attached hydrogen (secondary N) is 1. The molecule has 0 aliphatic carbocycles. The Balaban J connectivity index is 1.88. The summed E-state index contributed by atoms with van der Waals surface area (Å²) in [5.74, 6) is 0.474. The van der Waals surface area contributed by atoms with Crippen molar-refractivity contribution in [2.45, 2.75) is 18.8 Å². The van der Waals surface area contributed by atoms with Gasteiger partial charge in [0.05, 0.1) is 11.1 Å². The summed E-state index contributed by atoms with van der Waals surface area (Å²) in [5.41, 5.74) is 9.83. The number of carbonyl (C=O) groups is 1. The van der Waals surface area contributed by atoms with Crippen molar-refractivity contribution >= 4 is 38.7 Å². The van der Waals surface area contributed by atoms with Gasteiger partial charge < -0.3 is 10.7 Å². The van der Waals surface area contributed by atoms with Crippen molar-refractivity contribution in [1.82, 2.24) is 4.98 Å². The predicted octanol–water partition coefficient (Wildman–Crippen LogP) is 4.62. The van der Waals surface area contributed by atoms with Gasteiger partial charge in [0.25, 0.3) is 5.91 Å². The lowest BCUT2D eigenvalue weighted by Gasteiger charge is -2.40. The molecule has 1 saturated heterocycles. The first kappa shape index (κ1) is 16.7. The number of H-pyrrole nitrogens is 1. The molecule has 132 valence electrons. The Bertz CT molecular complexity index is 931. The third-order valence-electron chi connectivity index (χ3n) is 4.87. The third-order valence-corrected chi connectivity index (χ3v) is 7.44. The summed E-state index contributed by atoms with van der Waals surface area (Å²) >= 11 is 1.60. The van der Waals surface area contributed by atoms with Crippen molar-refractivity contribution < 1.29 is 13.9 Å². The van der Waals surface area contributed by atoms with Crippen molar-refractivity contribution in [3.05, 3.63) is 46.3 Å². The summed E-state index contributed by atoms with van der Waals surface area (Å²) in [7, 11) is -2.51. The molecule has 1 fully saturated rings. The first-order chi connectivity index (χ1) is 11.9. The van der Waals surface area contributed by atoms with Crippen LogP contribution in [0.3, 0.4) is 0 Å². The summed E-state index contributed by atoms with van der Waals surface area (Å²) in [6, 6.07) is 5.90. The largest absolute Gasteiger partial charge is 0.366 e. The van der Waals surface area contributed by atoms with E-state index in [4.69, 9.17) is 5.73 Å². The van der Waals surface area contributed by atoms with Gasteiger partial charge in [-0.05, 0) is 58.5 Å². The Hall–Kier alpha value is -1.80. The van der Waals surface area contributed by atoms with Gasteiger partial charge in [0, 0.05) is 29.0 Å². The van der Waals surface area contributed by atoms with E-state index in [2.05, 4.69) is 11.1 Å². The number of hydrogen-bond acceptors (Lipinski definition) is 4. The van der Waals surface area contributed by atoms with Crippen LogP contribution in [-0.2, 0) is 0 Å². The van der Waals surface area contributed by atoms with Gasteiger partial charge in [-0.2, -0.15) is 21.9 Å². The zero-order chi connectivity index (χ0) is 17.6. The molecule has 1 unspecified atom stereocenters. The fraction of sp³-hybridized carbons (Fsp3) is 0.278. The topological polar surface area (TPSA) is 99.3 Å². The maximum absolute atomic E-state index is 12.0. The highest BCUT2D eigenvalue weighted by atomic mass is 32.3. The van der Waals surface area contributed by atoms with E-state index in [0.29, 0.717) is 17.1 Å². The van der Waals surface area contributed by atoms with Gasteiger partial charge in [-0.15, -0.1) is 0 Å². The lowest BCUT2D eigenvalue weighted by Crippen LogP contribution is -2.20. The Labute approximate surface area is 151 Å². The average Bonchev–Trinajstić information content (AvgIpc) is 3.22. The van der Waals surface area contributed by atoms with Gasteiger partial charge in [-0.3, -0.25) is 13.9 Å². The van der Waals surface area contributed by atoms with Crippen LogP contribution in [0.4, 0.5) is 0 Å². The molecule has 3 aromatic rings. The molecule has 4 rings (SSSR count). The van der Waals surface area contributed by atoms with Crippen molar-refractivity contribution in [3.63, 3.8) is 0 Å². The number of rotatable bonds is 3. The predicted molar refractivity (Wildman–Crippen MR) is 105 cm³/mol. The highest BCUT2D eigenvalue weighted by Gasteiger charge is 2.28. The lowest BCUT2D eigenvalue weighted by molar-refractivity contribution is 0.100. The highest BCUT2D eigenvalue weighted by molar-refractivity contribution is 8.24. The van der Waals surface area contributed by atoms with E-state index in [-0.39, 0.29) is 5.92 Å². The minimum absolute atomic E-state index is 0.0750. The van der Waals surface area contributed by atoms with Crippen molar-refractivity contribution in [1.29, 1.82) is 0 Å². The molecule has 7 heteroatoms. The number of aromatic nitrogens is 1. The molecule has 0 radical (unpaired) electrons. The summed E-state index contributed by atoms with van der Waals surface area (Å²) < 4.78 is 20.2. The maximum Gasteiger partial charge on any atom is 0.250 e. The van der Waals surface area contributed by atoms with Crippen molar-refractivity contribution in [2.24, 2.45) is 5.73 Å². The second-order valence-corrected chi connectivity index (χ2v) is 9.70. The Morgan fingerprint density at radius 2 is 2.16 bits per heavy atom. The van der Waals surface area contributed by atoms with Gasteiger partial charge in [0.1, 0.15) is 0 Å². The zero-order valence-electron chi connectivity index (χ0n) is 13.6. The Morgan fingerprint density at radius 3 is 2.84 bits per heavy atom. The fourth-order valence-electron chi connectivity index (χ4n) is 3.68. The number of aromatic amines is 1. The minimum atomic E-state index is -2.51. The highest BCUT2D eigenvalue weighted by Crippen LogP contribution is 2.50. The zero-order valence-corrected chi connectivity index (χ0v) is 15.2. The van der Waals surface area contributed by atoms with Gasteiger partial charge in [0.2, 0.25) is 0 Å². The molecule has 5 nitrogen and oxygen atoms in total. The van der Waals surface area contributed by atoms with Gasteiger partial charge in [0.15, 0.2) is 0 Å². The summed E-state index contributed by atoms with van der Waals surface area (Å²) in [4.78, 5) is 15.1. The molecule has 1 atom stereocenters. The van der Waals surface area contributed by atoms with E-state index in [1.54, 1.807) is 11.3 Å². The molecule has 2 aromatic heterocycles. The van der Waals surface area contributed by atoms with Crippen LogP contribution in [-0.4, -0.2) is 31.5 Å². The molecule has 1 aromatic carbocycles. The number of carbonyl (C=O) groups excluding carboxylic acids is 1. The van der Waals surface area contributed by atoms with Crippen LogP contribution in [0.25, 0.3) is 22.0 Å². The normalized spacial score (nSPS) is 21.3. The van der Waals surface area contributed by atoms with Crippen LogP contribution < -0.4 is 5.73 Å². The molecule has 5 N–H and O–H groups in total. The molecule has 25 heavy (non-hydrogen) atoms. The van der Waals surface area contributed by atoms with Crippen molar-refractivity contribution in [2.75, 3.05) is 11.5 Å². The second-order valence-electron chi connectivity index (χ2n) is 6.58. The van der Waals surface area contributed by atoms with E-state index in [0.717, 1.165) is 40.4 Å². The molecule has 0 bridgehead atoms. The number of hydrogen-bond donors (Lipinski definition) is 4. The number of primary amides is 1. The van der Waals surface area contributed by atoms with Gasteiger partial charge >= 0.3 is 0 Å². The van der Waals surface area contributed by atoms with E-state index < -0.39 is 16.5 Å². The number of amides is 1. The van der Waals surface area contributed by atoms with E-state index in [1.807, 2.05) is 29.1 Å². The van der Waals surface area contributed by atoms with Crippen molar-refractivity contribution in [3.8, 4) is 11.1 Å². The molecular weight excluding hydrogens is 356 g/mol. The summed E-state index contributed by atoms with van der Waals surface area (Å²) in [6.45, 7) is 0.